The normalized spacial score (nSPS) is 18.6. The number of nitrogens with zero attached hydrogens (tertiary/aromatic N) is 3. The molecule has 1 saturated carbocycles. The number of carbonyl (C=O) groups excluding carboxylic acids is 3. The molecule has 1 fully saturated rings. The summed E-state index contributed by atoms with van der Waals surface area (Å²) in [5.41, 5.74) is 8.45. The Balaban J connectivity index is 1.14. The summed E-state index contributed by atoms with van der Waals surface area (Å²) in [4.78, 5) is 51.1. The molecule has 0 spiro atoms. The molecule has 3 heterocycles. The number of hydrogen-bond acceptors (Lipinski definition) is 8. The second-order valence-corrected chi connectivity index (χ2v) is 15.2. The maximum Gasteiger partial charge on any atom is 0.311 e. The van der Waals surface area contributed by atoms with Gasteiger partial charge in [-0.1, -0.05) is 48.0 Å². The summed E-state index contributed by atoms with van der Waals surface area (Å²) in [7, 11) is 1.46. The fraction of sp³-hybridized carbons (Fsp3) is 0.419. The van der Waals surface area contributed by atoms with E-state index in [9.17, 15) is 14.4 Å². The highest BCUT2D eigenvalue weighted by Gasteiger charge is 2.40. The lowest BCUT2D eigenvalue weighted by atomic mass is 9.73. The van der Waals surface area contributed by atoms with Crippen LogP contribution in [0.5, 0.6) is 0 Å². The monoisotopic (exact) mass is 736 g/mol. The number of aliphatic hydroxyl groups excluding tert-OH is 1. The summed E-state index contributed by atoms with van der Waals surface area (Å²) in [5, 5.41) is 12.5. The number of amides is 1. The molecule has 0 unspecified atom stereocenters. The van der Waals surface area contributed by atoms with Gasteiger partial charge in [-0.15, -0.1) is 0 Å². The first kappa shape index (κ1) is 38.3. The zero-order valence-electron chi connectivity index (χ0n) is 31.1. The van der Waals surface area contributed by atoms with Gasteiger partial charge in [-0.2, -0.15) is 0 Å². The number of fused-ring (bicyclic) bond motifs is 1. The van der Waals surface area contributed by atoms with Crippen LogP contribution in [0.2, 0.25) is 5.02 Å². The standard InChI is InChI=1S/C43H49ClN4O5/c1-27-23-37(46-38-26-48(21-18-32(27)38)31-16-19-43(3,20-17-31)42(52)53-4)39(50)24-30-10-7-12-34(40(30)44)33-11-8-13-35(28(33)2)47-41(51)36-15-14-29(25-45-36)9-5-6-22-49/h7-8,10-15,23,25,31,49H,5-6,9,16-22,24,26H2,1-4H3,(H,47,51). The number of hydrogen-bond donors (Lipinski definition) is 2. The van der Waals surface area contributed by atoms with Crippen LogP contribution in [0.15, 0.2) is 60.8 Å². The van der Waals surface area contributed by atoms with Gasteiger partial charge in [0.1, 0.15) is 11.4 Å². The minimum Gasteiger partial charge on any atom is -0.469 e. The second-order valence-electron chi connectivity index (χ2n) is 14.8. The molecule has 10 heteroatoms. The highest BCUT2D eigenvalue weighted by molar-refractivity contribution is 6.34. The quantitative estimate of drug-likeness (QED) is 0.0856. The fourth-order valence-corrected chi connectivity index (χ4v) is 8.15. The highest BCUT2D eigenvalue weighted by Crippen LogP contribution is 2.40. The number of pyridine rings is 2. The van der Waals surface area contributed by atoms with Gasteiger partial charge in [0, 0.05) is 49.6 Å². The third-order valence-corrected chi connectivity index (χ3v) is 11.7. The number of Topliss-reactive ketones (excluding diaryl/α,β-unsaturated/α-hetero) is 1. The lowest BCUT2D eigenvalue weighted by molar-refractivity contribution is -0.154. The number of unbranched alkanes of at least 4 members (excludes halogenated alkanes) is 1. The molecular weight excluding hydrogens is 688 g/mol. The predicted octanol–water partition coefficient (Wildman–Crippen LogP) is 7.89. The highest BCUT2D eigenvalue weighted by atomic mass is 35.5. The van der Waals surface area contributed by atoms with Crippen molar-refractivity contribution in [3.63, 3.8) is 0 Å². The van der Waals surface area contributed by atoms with Crippen LogP contribution < -0.4 is 5.32 Å². The summed E-state index contributed by atoms with van der Waals surface area (Å²) in [6.45, 7) is 7.79. The molecule has 0 saturated heterocycles. The molecule has 1 aliphatic carbocycles. The predicted molar refractivity (Wildman–Crippen MR) is 207 cm³/mol. The van der Waals surface area contributed by atoms with Crippen molar-refractivity contribution >= 4 is 34.9 Å². The molecule has 1 aliphatic heterocycles. The second kappa shape index (κ2) is 16.7. The minimum absolute atomic E-state index is 0.0942. The van der Waals surface area contributed by atoms with Gasteiger partial charge < -0.3 is 15.2 Å². The SMILES string of the molecule is COC(=O)C1(C)CCC(N2CCc3c(C)cc(C(=O)Cc4cccc(-c5cccc(NC(=O)c6ccc(CCCCO)cn6)c5C)c4Cl)nc3C2)CC1. The number of esters is 1. The first-order valence-electron chi connectivity index (χ1n) is 18.6. The van der Waals surface area contributed by atoms with E-state index in [4.69, 9.17) is 26.4 Å². The fourth-order valence-electron chi connectivity index (χ4n) is 7.86. The van der Waals surface area contributed by atoms with E-state index >= 15 is 0 Å². The lowest BCUT2D eigenvalue weighted by Crippen LogP contribution is -2.45. The molecular formula is C43H49ClN4O5. The van der Waals surface area contributed by atoms with E-state index in [1.165, 1.54) is 12.7 Å². The molecule has 2 N–H and O–H groups in total. The number of ether oxygens (including phenoxy) is 1. The molecule has 0 radical (unpaired) electrons. The van der Waals surface area contributed by atoms with E-state index in [1.54, 1.807) is 12.3 Å². The molecule has 1 amide bonds. The van der Waals surface area contributed by atoms with Crippen LogP contribution in [0, 0.1) is 19.3 Å². The molecule has 4 aromatic rings. The van der Waals surface area contributed by atoms with Gasteiger partial charge in [0.2, 0.25) is 0 Å². The Bertz CT molecular complexity index is 1990. The molecule has 278 valence electrons. The van der Waals surface area contributed by atoms with Crippen LogP contribution in [-0.2, 0) is 35.3 Å². The topological polar surface area (TPSA) is 122 Å². The van der Waals surface area contributed by atoms with Crippen LogP contribution in [0.25, 0.3) is 11.1 Å². The smallest absolute Gasteiger partial charge is 0.311 e. The zero-order chi connectivity index (χ0) is 37.7. The molecule has 2 aliphatic rings. The number of aromatic nitrogens is 2. The number of benzene rings is 2. The summed E-state index contributed by atoms with van der Waals surface area (Å²) in [5.74, 6) is -0.530. The van der Waals surface area contributed by atoms with E-state index in [0.717, 1.165) is 91.4 Å². The Morgan fingerprint density at radius 3 is 2.49 bits per heavy atom. The first-order chi connectivity index (χ1) is 25.5. The third-order valence-electron chi connectivity index (χ3n) is 11.2. The van der Waals surface area contributed by atoms with E-state index in [-0.39, 0.29) is 30.7 Å². The van der Waals surface area contributed by atoms with Crippen molar-refractivity contribution in [2.24, 2.45) is 5.41 Å². The van der Waals surface area contributed by atoms with Gasteiger partial charge in [0.25, 0.3) is 5.91 Å². The summed E-state index contributed by atoms with van der Waals surface area (Å²) in [6, 6.07) is 17.3. The number of halogens is 1. The molecule has 9 nitrogen and oxygen atoms in total. The van der Waals surface area contributed by atoms with Crippen molar-refractivity contribution in [1.82, 2.24) is 14.9 Å². The number of ketones is 1. The van der Waals surface area contributed by atoms with Crippen molar-refractivity contribution in [1.29, 1.82) is 0 Å². The van der Waals surface area contributed by atoms with Crippen LogP contribution in [0.1, 0.15) is 99.9 Å². The van der Waals surface area contributed by atoms with Crippen LogP contribution in [0.4, 0.5) is 5.69 Å². The maximum atomic E-state index is 13.8. The Hall–Kier alpha value is -4.44. The lowest BCUT2D eigenvalue weighted by Gasteiger charge is -2.42. The number of rotatable bonds is 12. The summed E-state index contributed by atoms with van der Waals surface area (Å²) < 4.78 is 5.07. The van der Waals surface area contributed by atoms with E-state index < -0.39 is 5.41 Å². The minimum atomic E-state index is -0.420. The third kappa shape index (κ3) is 8.53. The van der Waals surface area contributed by atoms with Gasteiger partial charge in [-0.3, -0.25) is 24.3 Å². The number of anilines is 1. The molecule has 53 heavy (non-hydrogen) atoms. The average Bonchev–Trinajstić information content (AvgIpc) is 3.16. The number of aryl methyl sites for hydroxylation is 2. The number of nitrogens with one attached hydrogen (secondary N) is 1. The Morgan fingerprint density at radius 2 is 1.77 bits per heavy atom. The van der Waals surface area contributed by atoms with Crippen LogP contribution in [0.3, 0.4) is 0 Å². The van der Waals surface area contributed by atoms with Crippen molar-refractivity contribution in [3.05, 3.63) is 111 Å². The number of methoxy groups -OCH3 is 1. The van der Waals surface area contributed by atoms with Gasteiger partial charge in [0.05, 0.1) is 23.2 Å². The largest absolute Gasteiger partial charge is 0.469 e. The average molecular weight is 737 g/mol. The van der Waals surface area contributed by atoms with E-state index in [1.807, 2.05) is 62.4 Å². The molecule has 0 bridgehead atoms. The zero-order valence-corrected chi connectivity index (χ0v) is 31.9. The van der Waals surface area contributed by atoms with Crippen molar-refractivity contribution in [3.8, 4) is 11.1 Å². The Kier molecular flexibility index (Phi) is 12.1. The number of carbonyl (C=O) groups is 3. The van der Waals surface area contributed by atoms with Crippen molar-refractivity contribution in [2.75, 3.05) is 25.6 Å². The first-order valence-corrected chi connectivity index (χ1v) is 19.0. The van der Waals surface area contributed by atoms with E-state index in [2.05, 4.69) is 22.1 Å². The maximum absolute atomic E-state index is 13.8. The van der Waals surface area contributed by atoms with Gasteiger partial charge in [0.15, 0.2) is 5.78 Å². The van der Waals surface area contributed by atoms with Gasteiger partial charge in [-0.05, 0) is 124 Å². The van der Waals surface area contributed by atoms with Crippen LogP contribution in [-0.4, -0.2) is 63.9 Å². The van der Waals surface area contributed by atoms with Crippen LogP contribution >= 0.6 is 11.6 Å². The van der Waals surface area contributed by atoms with E-state index in [0.29, 0.717) is 40.2 Å². The Morgan fingerprint density at radius 1 is 1.02 bits per heavy atom. The molecule has 0 atom stereocenters. The molecule has 6 rings (SSSR count). The summed E-state index contributed by atoms with van der Waals surface area (Å²) >= 11 is 7.04. The van der Waals surface area contributed by atoms with Gasteiger partial charge >= 0.3 is 5.97 Å². The Labute approximate surface area is 317 Å². The van der Waals surface area contributed by atoms with Crippen molar-refractivity contribution in [2.45, 2.75) is 91.1 Å². The molecule has 2 aromatic heterocycles. The summed E-state index contributed by atoms with van der Waals surface area (Å²) in [6.07, 6.45) is 8.55. The van der Waals surface area contributed by atoms with Gasteiger partial charge in [-0.25, -0.2) is 4.98 Å². The number of aliphatic hydroxyl groups is 1. The molecule has 2 aromatic carbocycles. The van der Waals surface area contributed by atoms with Crippen molar-refractivity contribution < 1.29 is 24.2 Å².